The number of ketones is 1. The molecule has 210 valence electrons. The summed E-state index contributed by atoms with van der Waals surface area (Å²) in [5.41, 5.74) is 3.84. The fourth-order valence-electron chi connectivity index (χ4n) is 5.01. The molecule has 8 heteroatoms. The Hall–Kier alpha value is -4.95. The van der Waals surface area contributed by atoms with Crippen molar-refractivity contribution >= 4 is 44.1 Å². The minimum absolute atomic E-state index is 0.0120. The number of carbonyl (C=O) groups excluding carboxylic acids is 2. The van der Waals surface area contributed by atoms with Gasteiger partial charge in [-0.1, -0.05) is 72.0 Å². The molecular formula is C34H28N2O5S. The zero-order chi connectivity index (χ0) is 29.2. The van der Waals surface area contributed by atoms with Crippen molar-refractivity contribution in [2.24, 2.45) is 0 Å². The predicted octanol–water partition coefficient (Wildman–Crippen LogP) is 7.21. The van der Waals surface area contributed by atoms with E-state index in [2.05, 4.69) is 0 Å². The maximum atomic E-state index is 13.6. The van der Waals surface area contributed by atoms with E-state index < -0.39 is 17.7 Å². The Balaban J connectivity index is 1.43. The van der Waals surface area contributed by atoms with E-state index in [0.717, 1.165) is 21.3 Å². The number of thiazole rings is 1. The van der Waals surface area contributed by atoms with Crippen molar-refractivity contribution in [1.82, 2.24) is 4.98 Å². The molecule has 1 atom stereocenters. The van der Waals surface area contributed by atoms with Gasteiger partial charge in [-0.3, -0.25) is 14.5 Å². The van der Waals surface area contributed by atoms with Crippen molar-refractivity contribution in [3.8, 4) is 11.5 Å². The minimum Gasteiger partial charge on any atom is -0.507 e. The molecular weight excluding hydrogens is 548 g/mol. The third kappa shape index (κ3) is 5.24. The maximum absolute atomic E-state index is 13.6. The summed E-state index contributed by atoms with van der Waals surface area (Å²) in [6.07, 6.45) is 0. The Bertz CT molecular complexity index is 1810. The van der Waals surface area contributed by atoms with E-state index in [9.17, 15) is 14.7 Å². The Labute approximate surface area is 247 Å². The molecule has 1 aromatic heterocycles. The van der Waals surface area contributed by atoms with E-state index in [0.29, 0.717) is 41.0 Å². The second-order valence-corrected chi connectivity index (χ2v) is 10.9. The molecule has 1 saturated heterocycles. The summed E-state index contributed by atoms with van der Waals surface area (Å²) in [6.45, 7) is 4.71. The topological polar surface area (TPSA) is 89.0 Å². The van der Waals surface area contributed by atoms with Gasteiger partial charge in [0, 0.05) is 5.56 Å². The highest BCUT2D eigenvalue weighted by molar-refractivity contribution is 7.22. The van der Waals surface area contributed by atoms with Crippen LogP contribution in [0.3, 0.4) is 0 Å². The van der Waals surface area contributed by atoms with Gasteiger partial charge in [-0.25, -0.2) is 4.98 Å². The van der Waals surface area contributed by atoms with Crippen LogP contribution in [0.2, 0.25) is 0 Å². The van der Waals surface area contributed by atoms with Gasteiger partial charge < -0.3 is 14.6 Å². The number of hydrogen-bond donors (Lipinski definition) is 1. The number of Topliss-reactive ketones (excluding diaryl/α,β-unsaturated/α-hetero) is 1. The number of ether oxygens (including phenoxy) is 2. The highest BCUT2D eigenvalue weighted by Crippen LogP contribution is 2.44. The largest absolute Gasteiger partial charge is 0.507 e. The lowest BCUT2D eigenvalue weighted by Crippen LogP contribution is -2.29. The Morgan fingerprint density at radius 2 is 1.69 bits per heavy atom. The average Bonchev–Trinajstić information content (AvgIpc) is 3.54. The van der Waals surface area contributed by atoms with Crippen LogP contribution in [0.5, 0.6) is 11.5 Å². The van der Waals surface area contributed by atoms with Crippen LogP contribution in [-0.4, -0.2) is 28.4 Å². The zero-order valence-electron chi connectivity index (χ0n) is 23.1. The number of aryl methyl sites for hydroxylation is 1. The van der Waals surface area contributed by atoms with Crippen LogP contribution in [0.1, 0.15) is 35.2 Å². The molecule has 1 aliphatic heterocycles. The maximum Gasteiger partial charge on any atom is 0.301 e. The quantitative estimate of drug-likeness (QED) is 0.119. The number of aliphatic hydroxyl groups excluding tert-OH is 1. The number of amides is 1. The third-order valence-corrected chi connectivity index (χ3v) is 8.06. The summed E-state index contributed by atoms with van der Waals surface area (Å²) in [5.74, 6) is -0.612. The van der Waals surface area contributed by atoms with Gasteiger partial charge in [0.1, 0.15) is 23.9 Å². The van der Waals surface area contributed by atoms with Crippen LogP contribution in [-0.2, 0) is 16.2 Å². The number of rotatable bonds is 8. The van der Waals surface area contributed by atoms with Crippen molar-refractivity contribution < 1.29 is 24.2 Å². The number of hydrogen-bond acceptors (Lipinski definition) is 7. The number of aliphatic hydroxyl groups is 1. The standard InChI is InChI=1S/C34H28N2O5S/c1-3-40-26-11-7-10-24(19-26)31(37)29-30(23-13-15-25(16-14-23)41-20-22-8-5-4-6-9-22)36(33(39)32(29)38)34-35-27-17-12-21(2)18-28(27)42-34/h4-19,30,37H,3,20H2,1-2H3. The third-order valence-electron chi connectivity index (χ3n) is 7.05. The van der Waals surface area contributed by atoms with Gasteiger partial charge in [-0.15, -0.1) is 0 Å². The van der Waals surface area contributed by atoms with Crippen molar-refractivity contribution in [2.75, 3.05) is 11.5 Å². The monoisotopic (exact) mass is 576 g/mol. The van der Waals surface area contributed by atoms with Gasteiger partial charge in [-0.05, 0) is 66.9 Å². The minimum atomic E-state index is -0.898. The number of benzene rings is 4. The molecule has 7 nitrogen and oxygen atoms in total. The second-order valence-electron chi connectivity index (χ2n) is 9.94. The van der Waals surface area contributed by atoms with E-state index in [-0.39, 0.29) is 11.3 Å². The fraction of sp³-hybridized carbons (Fsp3) is 0.147. The highest BCUT2D eigenvalue weighted by atomic mass is 32.1. The first kappa shape index (κ1) is 27.2. The Kier molecular flexibility index (Phi) is 7.46. The van der Waals surface area contributed by atoms with Crippen molar-refractivity contribution in [3.05, 3.63) is 125 Å². The van der Waals surface area contributed by atoms with E-state index in [1.165, 1.54) is 16.2 Å². The van der Waals surface area contributed by atoms with Crippen molar-refractivity contribution in [3.63, 3.8) is 0 Å². The molecule has 5 aromatic rings. The normalized spacial score (nSPS) is 16.2. The summed E-state index contributed by atoms with van der Waals surface area (Å²) in [6, 6.07) is 28.9. The lowest BCUT2D eigenvalue weighted by Gasteiger charge is -2.23. The molecule has 2 heterocycles. The highest BCUT2D eigenvalue weighted by Gasteiger charge is 2.48. The van der Waals surface area contributed by atoms with E-state index in [4.69, 9.17) is 14.5 Å². The number of anilines is 1. The second kappa shape index (κ2) is 11.5. The molecule has 0 aliphatic carbocycles. The SMILES string of the molecule is CCOc1cccc(C(O)=C2C(=O)C(=O)N(c3nc4ccc(C)cc4s3)C2c2ccc(OCc3ccccc3)cc2)c1. The lowest BCUT2D eigenvalue weighted by molar-refractivity contribution is -0.132. The summed E-state index contributed by atoms with van der Waals surface area (Å²) >= 11 is 1.33. The van der Waals surface area contributed by atoms with Crippen LogP contribution in [0.4, 0.5) is 5.13 Å². The van der Waals surface area contributed by atoms with Crippen LogP contribution < -0.4 is 14.4 Å². The predicted molar refractivity (Wildman–Crippen MR) is 164 cm³/mol. The van der Waals surface area contributed by atoms with Gasteiger partial charge in [0.25, 0.3) is 5.78 Å². The summed E-state index contributed by atoms with van der Waals surface area (Å²) < 4.78 is 12.5. The first-order valence-electron chi connectivity index (χ1n) is 13.6. The molecule has 6 rings (SSSR count). The van der Waals surface area contributed by atoms with Gasteiger partial charge in [0.15, 0.2) is 5.13 Å². The first-order valence-corrected chi connectivity index (χ1v) is 14.4. The Morgan fingerprint density at radius 1 is 0.905 bits per heavy atom. The fourth-order valence-corrected chi connectivity index (χ4v) is 6.10. The van der Waals surface area contributed by atoms with Crippen LogP contribution in [0.25, 0.3) is 16.0 Å². The van der Waals surface area contributed by atoms with Crippen LogP contribution in [0, 0.1) is 6.92 Å². The smallest absolute Gasteiger partial charge is 0.301 e. The number of fused-ring (bicyclic) bond motifs is 1. The van der Waals surface area contributed by atoms with Crippen molar-refractivity contribution in [2.45, 2.75) is 26.5 Å². The summed E-state index contributed by atoms with van der Waals surface area (Å²) in [5, 5.41) is 11.9. The summed E-state index contributed by atoms with van der Waals surface area (Å²) in [7, 11) is 0. The molecule has 1 unspecified atom stereocenters. The van der Waals surface area contributed by atoms with E-state index >= 15 is 0 Å². The van der Waals surface area contributed by atoms with Gasteiger partial charge in [0.2, 0.25) is 0 Å². The molecule has 42 heavy (non-hydrogen) atoms. The molecule has 0 bridgehead atoms. The molecule has 0 saturated carbocycles. The van der Waals surface area contributed by atoms with Crippen molar-refractivity contribution in [1.29, 1.82) is 0 Å². The van der Waals surface area contributed by atoms with E-state index in [1.807, 2.05) is 74.5 Å². The zero-order valence-corrected chi connectivity index (χ0v) is 23.9. The molecule has 0 spiro atoms. The first-order chi connectivity index (χ1) is 20.4. The number of nitrogens with zero attached hydrogens (tertiary/aromatic N) is 2. The number of aromatic nitrogens is 1. The lowest BCUT2D eigenvalue weighted by atomic mass is 9.95. The summed E-state index contributed by atoms with van der Waals surface area (Å²) in [4.78, 5) is 33.3. The van der Waals surface area contributed by atoms with Gasteiger partial charge in [0.05, 0.1) is 28.4 Å². The van der Waals surface area contributed by atoms with E-state index in [1.54, 1.807) is 36.4 Å². The van der Waals surface area contributed by atoms with Crippen LogP contribution >= 0.6 is 11.3 Å². The molecule has 1 aliphatic rings. The average molecular weight is 577 g/mol. The molecule has 1 fully saturated rings. The van der Waals surface area contributed by atoms with Crippen LogP contribution in [0.15, 0.2) is 103 Å². The van der Waals surface area contributed by atoms with Gasteiger partial charge >= 0.3 is 5.91 Å². The van der Waals surface area contributed by atoms with Gasteiger partial charge in [-0.2, -0.15) is 0 Å². The molecule has 0 radical (unpaired) electrons. The molecule has 1 amide bonds. The number of carbonyl (C=O) groups is 2. The molecule has 1 N–H and O–H groups in total. The molecule has 4 aromatic carbocycles. The Morgan fingerprint density at radius 3 is 2.45 bits per heavy atom.